The zero-order valence-corrected chi connectivity index (χ0v) is 5.28. The highest BCUT2D eigenvalue weighted by Gasteiger charge is 2.36. The van der Waals surface area contributed by atoms with E-state index in [-0.39, 0.29) is 5.84 Å². The highest BCUT2D eigenvalue weighted by molar-refractivity contribution is 5.86. The van der Waals surface area contributed by atoms with Crippen molar-refractivity contribution in [2.24, 2.45) is 5.73 Å². The van der Waals surface area contributed by atoms with Gasteiger partial charge in [-0.3, -0.25) is 5.41 Å². The van der Waals surface area contributed by atoms with Crippen LogP contribution in [0.1, 0.15) is 25.7 Å². The lowest BCUT2D eigenvalue weighted by Gasteiger charge is -2.15. The molecule has 0 amide bonds. The van der Waals surface area contributed by atoms with Gasteiger partial charge in [0.15, 0.2) is 5.67 Å². The molecule has 1 aliphatic rings. The third-order valence-electron chi connectivity index (χ3n) is 1.88. The van der Waals surface area contributed by atoms with Gasteiger partial charge < -0.3 is 5.73 Å². The Hall–Kier alpha value is -0.600. The highest BCUT2D eigenvalue weighted by atomic mass is 19.1. The van der Waals surface area contributed by atoms with Gasteiger partial charge in [0.05, 0.1) is 0 Å². The van der Waals surface area contributed by atoms with E-state index in [1.54, 1.807) is 0 Å². The van der Waals surface area contributed by atoms with E-state index in [0.717, 1.165) is 12.8 Å². The van der Waals surface area contributed by atoms with E-state index in [1.165, 1.54) is 0 Å². The van der Waals surface area contributed by atoms with Crippen molar-refractivity contribution in [3.05, 3.63) is 0 Å². The summed E-state index contributed by atoms with van der Waals surface area (Å²) in [6, 6.07) is 0. The van der Waals surface area contributed by atoms with Crippen LogP contribution in [0.2, 0.25) is 0 Å². The molecule has 3 N–H and O–H groups in total. The quantitative estimate of drug-likeness (QED) is 0.406. The van der Waals surface area contributed by atoms with E-state index in [0.29, 0.717) is 12.8 Å². The topological polar surface area (TPSA) is 49.9 Å². The number of rotatable bonds is 1. The van der Waals surface area contributed by atoms with Crippen molar-refractivity contribution < 1.29 is 4.39 Å². The van der Waals surface area contributed by atoms with E-state index in [1.807, 2.05) is 0 Å². The molecular weight excluding hydrogens is 119 g/mol. The van der Waals surface area contributed by atoms with E-state index < -0.39 is 5.67 Å². The van der Waals surface area contributed by atoms with Crippen LogP contribution in [-0.2, 0) is 0 Å². The zero-order chi connectivity index (χ0) is 6.91. The van der Waals surface area contributed by atoms with Crippen LogP contribution in [0.3, 0.4) is 0 Å². The zero-order valence-electron chi connectivity index (χ0n) is 5.28. The van der Waals surface area contributed by atoms with Crippen molar-refractivity contribution in [2.75, 3.05) is 0 Å². The lowest BCUT2D eigenvalue weighted by atomic mass is 10.0. The summed E-state index contributed by atoms with van der Waals surface area (Å²) in [4.78, 5) is 0. The molecule has 0 aromatic rings. The number of hydrogen-bond donors (Lipinski definition) is 2. The second-order valence-electron chi connectivity index (χ2n) is 2.59. The van der Waals surface area contributed by atoms with Gasteiger partial charge in [-0.15, -0.1) is 0 Å². The van der Waals surface area contributed by atoms with E-state index in [4.69, 9.17) is 11.1 Å². The number of nitrogens with one attached hydrogen (secondary N) is 1. The van der Waals surface area contributed by atoms with Gasteiger partial charge in [-0.05, 0) is 25.7 Å². The molecular formula is C6H11FN2. The number of amidine groups is 1. The second kappa shape index (κ2) is 1.97. The first-order chi connectivity index (χ1) is 4.15. The molecule has 1 saturated carbocycles. The molecule has 1 rings (SSSR count). The summed E-state index contributed by atoms with van der Waals surface area (Å²) in [6.45, 7) is 0. The normalized spacial score (nSPS) is 24.1. The summed E-state index contributed by atoms with van der Waals surface area (Å²) >= 11 is 0. The van der Waals surface area contributed by atoms with Crippen LogP contribution in [0.25, 0.3) is 0 Å². The minimum atomic E-state index is -1.44. The molecule has 9 heavy (non-hydrogen) atoms. The van der Waals surface area contributed by atoms with Crippen LogP contribution in [0.15, 0.2) is 0 Å². The van der Waals surface area contributed by atoms with Crippen molar-refractivity contribution in [1.82, 2.24) is 0 Å². The fourth-order valence-electron chi connectivity index (χ4n) is 1.20. The van der Waals surface area contributed by atoms with Crippen molar-refractivity contribution in [2.45, 2.75) is 31.4 Å². The van der Waals surface area contributed by atoms with E-state index in [2.05, 4.69) is 0 Å². The molecule has 0 aromatic heterocycles. The van der Waals surface area contributed by atoms with Crippen molar-refractivity contribution in [3.8, 4) is 0 Å². The molecule has 0 saturated heterocycles. The number of hydrogen-bond acceptors (Lipinski definition) is 1. The van der Waals surface area contributed by atoms with Gasteiger partial charge in [0.1, 0.15) is 5.84 Å². The van der Waals surface area contributed by atoms with Crippen molar-refractivity contribution >= 4 is 5.84 Å². The van der Waals surface area contributed by atoms with Gasteiger partial charge in [-0.25, -0.2) is 4.39 Å². The predicted octanol–water partition coefficient (Wildman–Crippen LogP) is 1.20. The first-order valence-electron chi connectivity index (χ1n) is 3.18. The Morgan fingerprint density at radius 3 is 2.11 bits per heavy atom. The maximum atomic E-state index is 13.1. The molecule has 0 heterocycles. The molecule has 0 atom stereocenters. The Bertz CT molecular complexity index is 127. The van der Waals surface area contributed by atoms with E-state index in [9.17, 15) is 4.39 Å². The maximum Gasteiger partial charge on any atom is 0.167 e. The summed E-state index contributed by atoms with van der Waals surface area (Å²) in [5.74, 6) is -0.292. The van der Waals surface area contributed by atoms with Crippen molar-refractivity contribution in [3.63, 3.8) is 0 Å². The molecule has 1 aliphatic carbocycles. The molecule has 0 radical (unpaired) electrons. The summed E-state index contributed by atoms with van der Waals surface area (Å²) in [5.41, 5.74) is 3.60. The smallest absolute Gasteiger partial charge is 0.167 e. The van der Waals surface area contributed by atoms with Gasteiger partial charge in [-0.2, -0.15) is 0 Å². The molecule has 0 spiro atoms. The van der Waals surface area contributed by atoms with Crippen LogP contribution in [0.4, 0.5) is 4.39 Å². The third kappa shape index (κ3) is 1.04. The predicted molar refractivity (Wildman–Crippen MR) is 34.2 cm³/mol. The third-order valence-corrected chi connectivity index (χ3v) is 1.88. The fraction of sp³-hybridized carbons (Fsp3) is 0.833. The Labute approximate surface area is 53.7 Å². The molecule has 52 valence electrons. The molecule has 0 aromatic carbocycles. The van der Waals surface area contributed by atoms with Gasteiger partial charge in [0.2, 0.25) is 0 Å². The largest absolute Gasteiger partial charge is 0.385 e. The van der Waals surface area contributed by atoms with Crippen LogP contribution in [0, 0.1) is 5.41 Å². The van der Waals surface area contributed by atoms with Gasteiger partial charge in [0, 0.05) is 0 Å². The van der Waals surface area contributed by atoms with Crippen molar-refractivity contribution in [1.29, 1.82) is 5.41 Å². The Kier molecular flexibility index (Phi) is 1.43. The minimum absolute atomic E-state index is 0.292. The van der Waals surface area contributed by atoms with Gasteiger partial charge >= 0.3 is 0 Å². The van der Waals surface area contributed by atoms with E-state index >= 15 is 0 Å². The Morgan fingerprint density at radius 1 is 1.44 bits per heavy atom. The van der Waals surface area contributed by atoms with Crippen LogP contribution < -0.4 is 5.73 Å². The molecule has 3 heteroatoms. The number of nitrogens with two attached hydrogens (primary N) is 1. The molecule has 2 nitrogen and oxygen atoms in total. The van der Waals surface area contributed by atoms with Crippen LogP contribution >= 0.6 is 0 Å². The average Bonchev–Trinajstić information content (AvgIpc) is 2.16. The summed E-state index contributed by atoms with van der Waals surface area (Å²) in [6.07, 6.45) is 2.64. The first-order valence-corrected chi connectivity index (χ1v) is 3.18. The average molecular weight is 130 g/mol. The monoisotopic (exact) mass is 130 g/mol. The second-order valence-corrected chi connectivity index (χ2v) is 2.59. The van der Waals surface area contributed by atoms with Gasteiger partial charge in [0.25, 0.3) is 0 Å². The lowest BCUT2D eigenvalue weighted by molar-refractivity contribution is 0.262. The molecule has 0 unspecified atom stereocenters. The summed E-state index contributed by atoms with van der Waals surface area (Å²) in [7, 11) is 0. The summed E-state index contributed by atoms with van der Waals surface area (Å²) in [5, 5.41) is 6.89. The molecule has 1 fully saturated rings. The maximum absolute atomic E-state index is 13.1. The first kappa shape index (κ1) is 6.52. The minimum Gasteiger partial charge on any atom is -0.385 e. The molecule has 0 bridgehead atoms. The SMILES string of the molecule is N=C(N)C1(F)CCCC1. The standard InChI is InChI=1S/C6H11FN2/c7-6(5(8)9)3-1-2-4-6/h1-4H2,(H3,8,9). The summed E-state index contributed by atoms with van der Waals surface area (Å²) < 4.78 is 13.1. The fourth-order valence-corrected chi connectivity index (χ4v) is 1.20. The molecule has 0 aliphatic heterocycles. The van der Waals surface area contributed by atoms with Crippen LogP contribution in [-0.4, -0.2) is 11.5 Å². The lowest BCUT2D eigenvalue weighted by Crippen LogP contribution is -2.36. The van der Waals surface area contributed by atoms with Crippen LogP contribution in [0.5, 0.6) is 0 Å². The number of halogens is 1. The highest BCUT2D eigenvalue weighted by Crippen LogP contribution is 2.32. The number of alkyl halides is 1. The Morgan fingerprint density at radius 2 is 1.89 bits per heavy atom. The Balaban J connectivity index is 2.61. The van der Waals surface area contributed by atoms with Gasteiger partial charge in [-0.1, -0.05) is 0 Å².